The van der Waals surface area contributed by atoms with Gasteiger partial charge < -0.3 is 0 Å². The lowest BCUT2D eigenvalue weighted by Gasteiger charge is -2.44. The lowest BCUT2D eigenvalue weighted by molar-refractivity contribution is 0.460. The minimum absolute atomic E-state index is 0.385. The van der Waals surface area contributed by atoms with E-state index in [4.69, 9.17) is 0 Å². The summed E-state index contributed by atoms with van der Waals surface area (Å²) in [5.41, 5.74) is 7.14. The number of benzene rings is 1. The van der Waals surface area contributed by atoms with Crippen molar-refractivity contribution in [3.05, 3.63) is 30.3 Å². The Bertz CT molecular complexity index is 778. The van der Waals surface area contributed by atoms with Crippen molar-refractivity contribution in [2.75, 3.05) is 0 Å². The summed E-state index contributed by atoms with van der Waals surface area (Å²) >= 11 is 1.66. The SMILES string of the molecule is C1CCC(P(C2CCCCC2)C2CCCCC2)CC1.C1CCC(P(C2CCCCC2)C2CCCCC2)CC1.P=CSc1ccccc1. The van der Waals surface area contributed by atoms with Crippen LogP contribution in [0.3, 0.4) is 0 Å². The Morgan fingerprint density at radius 2 is 0.617 bits per heavy atom. The molecule has 6 aliphatic rings. The van der Waals surface area contributed by atoms with E-state index in [-0.39, 0.29) is 0 Å². The van der Waals surface area contributed by atoms with Gasteiger partial charge >= 0.3 is 0 Å². The monoisotopic (exact) mass is 714 g/mol. The molecule has 0 atom stereocenters. The van der Waals surface area contributed by atoms with Crippen molar-refractivity contribution in [1.29, 1.82) is 0 Å². The molecule has 4 heteroatoms. The van der Waals surface area contributed by atoms with E-state index in [9.17, 15) is 0 Å². The molecule has 0 N–H and O–H groups in total. The van der Waals surface area contributed by atoms with E-state index >= 15 is 0 Å². The maximum atomic E-state index is 3.27. The molecule has 0 nitrogen and oxygen atoms in total. The molecule has 1 aromatic carbocycles. The third-order valence-electron chi connectivity index (χ3n) is 12.9. The number of hydrogen-bond acceptors (Lipinski definition) is 1. The fourth-order valence-electron chi connectivity index (χ4n) is 10.6. The zero-order chi connectivity index (χ0) is 32.4. The van der Waals surface area contributed by atoms with Gasteiger partial charge in [0.2, 0.25) is 0 Å². The first-order chi connectivity index (χ1) is 23.3. The molecule has 0 saturated heterocycles. The standard InChI is InChI=1S/2C18H33P.C7H7PS/c2*1-4-10-16(11-5-1)19(17-12-6-2-7-13-17)18-14-8-3-9-15-18;8-6-9-7-4-2-1-3-5-7/h2*16-18H,1-15H2;1-6,8H. The van der Waals surface area contributed by atoms with Crippen molar-refractivity contribution in [3.63, 3.8) is 0 Å². The summed E-state index contributed by atoms with van der Waals surface area (Å²) in [5, 5.41) is 1.88. The quantitative estimate of drug-likeness (QED) is 0.191. The first-order valence-corrected chi connectivity index (χ1v) is 25.6. The Kier molecular flexibility index (Phi) is 19.2. The van der Waals surface area contributed by atoms with Gasteiger partial charge in [-0.15, -0.1) is 8.86 Å². The van der Waals surface area contributed by atoms with Crippen LogP contribution in [0.1, 0.15) is 193 Å². The van der Waals surface area contributed by atoms with Gasteiger partial charge in [0.15, 0.2) is 0 Å². The zero-order valence-electron chi connectivity index (χ0n) is 30.4. The minimum atomic E-state index is 0.385. The molecule has 7 rings (SSSR count). The number of rotatable bonds is 8. The highest BCUT2D eigenvalue weighted by atomic mass is 32.2. The van der Waals surface area contributed by atoms with Crippen molar-refractivity contribution >= 4 is 41.6 Å². The Morgan fingerprint density at radius 1 is 0.383 bits per heavy atom. The molecule has 0 heterocycles. The van der Waals surface area contributed by atoms with Crippen LogP contribution in [0.25, 0.3) is 0 Å². The highest BCUT2D eigenvalue weighted by Gasteiger charge is 2.37. The van der Waals surface area contributed by atoms with Gasteiger partial charge in [-0.05, 0) is 128 Å². The molecule has 47 heavy (non-hydrogen) atoms. The van der Waals surface area contributed by atoms with Gasteiger partial charge in [-0.25, -0.2) is 0 Å². The summed E-state index contributed by atoms with van der Waals surface area (Å²) in [6.45, 7) is 0. The number of hydrogen-bond donors (Lipinski definition) is 0. The summed E-state index contributed by atoms with van der Waals surface area (Å²) in [5.74, 6) is 0. The van der Waals surface area contributed by atoms with Crippen LogP contribution in [0.2, 0.25) is 0 Å². The molecule has 0 amide bonds. The van der Waals surface area contributed by atoms with Gasteiger partial charge in [-0.3, -0.25) is 0 Å². The molecule has 0 bridgehead atoms. The molecule has 6 saturated carbocycles. The van der Waals surface area contributed by atoms with Crippen molar-refractivity contribution in [3.8, 4) is 0 Å². The zero-order valence-corrected chi connectivity index (χ0v) is 34.0. The fraction of sp³-hybridized carbons (Fsp3) is 0.837. The van der Waals surface area contributed by atoms with Crippen molar-refractivity contribution < 1.29 is 0 Å². The second-order valence-corrected chi connectivity index (χ2v) is 24.0. The lowest BCUT2D eigenvalue weighted by atomic mass is 9.99. The Balaban J connectivity index is 0.000000148. The Hall–Kier alpha value is 0.600. The van der Waals surface area contributed by atoms with Crippen LogP contribution in [0.5, 0.6) is 0 Å². The van der Waals surface area contributed by atoms with Crippen LogP contribution in [0.4, 0.5) is 0 Å². The summed E-state index contributed by atoms with van der Waals surface area (Å²) in [6.07, 6.45) is 47.2. The van der Waals surface area contributed by atoms with Crippen LogP contribution < -0.4 is 0 Å². The van der Waals surface area contributed by atoms with E-state index in [1.807, 2.05) is 23.3 Å². The molecule has 0 radical (unpaired) electrons. The highest BCUT2D eigenvalue weighted by molar-refractivity contribution is 8.15. The van der Waals surface area contributed by atoms with Crippen LogP contribution in [-0.2, 0) is 0 Å². The molecule has 6 aliphatic carbocycles. The van der Waals surface area contributed by atoms with E-state index in [1.165, 1.54) is 77.4 Å². The van der Waals surface area contributed by atoms with E-state index in [2.05, 4.69) is 21.0 Å². The molecular formula is C43H73P3S. The molecular weight excluding hydrogens is 641 g/mol. The Morgan fingerprint density at radius 3 is 0.830 bits per heavy atom. The summed E-state index contributed by atoms with van der Waals surface area (Å²) in [7, 11) is 4.04. The summed E-state index contributed by atoms with van der Waals surface area (Å²) in [6, 6.07) is 10.2. The molecule has 1 aromatic rings. The van der Waals surface area contributed by atoms with Crippen LogP contribution in [0.15, 0.2) is 35.2 Å². The lowest BCUT2D eigenvalue weighted by Crippen LogP contribution is -2.28. The molecule has 0 aromatic heterocycles. The molecule has 0 spiro atoms. The molecule has 0 aliphatic heterocycles. The van der Waals surface area contributed by atoms with E-state index in [0.29, 0.717) is 15.8 Å². The molecule has 0 unspecified atom stereocenters. The highest BCUT2D eigenvalue weighted by Crippen LogP contribution is 2.63. The van der Waals surface area contributed by atoms with Crippen molar-refractivity contribution in [2.45, 2.75) is 231 Å². The van der Waals surface area contributed by atoms with E-state index < -0.39 is 0 Å². The Labute approximate surface area is 302 Å². The summed E-state index contributed by atoms with van der Waals surface area (Å²) < 4.78 is 0. The molecule has 6 fully saturated rings. The van der Waals surface area contributed by atoms with Gasteiger partial charge in [-0.2, -0.15) is 0 Å². The van der Waals surface area contributed by atoms with Crippen LogP contribution >= 0.6 is 36.5 Å². The first kappa shape index (κ1) is 38.8. The van der Waals surface area contributed by atoms with Gasteiger partial charge in [0.1, 0.15) is 0 Å². The van der Waals surface area contributed by atoms with Gasteiger partial charge in [0.25, 0.3) is 0 Å². The fourth-order valence-corrected chi connectivity index (χ4v) is 20.8. The maximum Gasteiger partial charge on any atom is 0.0119 e. The number of thioether (sulfide) groups is 1. The normalized spacial score (nSPS) is 25.1. The second kappa shape index (κ2) is 23.2. The predicted octanol–water partition coefficient (Wildman–Crippen LogP) is 15.6. The average Bonchev–Trinajstić information content (AvgIpc) is 3.16. The van der Waals surface area contributed by atoms with Crippen molar-refractivity contribution in [2.24, 2.45) is 0 Å². The third-order valence-corrected chi connectivity index (χ3v) is 22.1. The van der Waals surface area contributed by atoms with Crippen LogP contribution in [-0.4, -0.2) is 39.1 Å². The summed E-state index contributed by atoms with van der Waals surface area (Å²) in [4.78, 5) is 1.26. The molecule has 266 valence electrons. The first-order valence-electron chi connectivity index (χ1n) is 21.1. The minimum Gasteiger partial charge on any atom is -0.115 e. The maximum absolute atomic E-state index is 3.27. The predicted molar refractivity (Wildman–Crippen MR) is 222 cm³/mol. The average molecular weight is 715 g/mol. The second-order valence-electron chi connectivity index (χ2n) is 16.2. The van der Waals surface area contributed by atoms with E-state index in [1.54, 1.807) is 166 Å². The topological polar surface area (TPSA) is 0 Å². The van der Waals surface area contributed by atoms with Crippen LogP contribution in [0, 0.1) is 0 Å². The van der Waals surface area contributed by atoms with Crippen molar-refractivity contribution in [1.82, 2.24) is 0 Å². The largest absolute Gasteiger partial charge is 0.115 e. The van der Waals surface area contributed by atoms with Gasteiger partial charge in [0.05, 0.1) is 0 Å². The smallest absolute Gasteiger partial charge is 0.0119 e. The third kappa shape index (κ3) is 13.3. The van der Waals surface area contributed by atoms with Gasteiger partial charge in [0, 0.05) is 4.90 Å². The van der Waals surface area contributed by atoms with Gasteiger partial charge in [-0.1, -0.05) is 161 Å². The van der Waals surface area contributed by atoms with E-state index in [0.717, 1.165) is 0 Å².